The van der Waals surface area contributed by atoms with Crippen molar-refractivity contribution in [3.63, 3.8) is 0 Å². The SMILES string of the molecule is OC(c1ccccc1)(c1ccccc1)C1CCCC(C(O)(c2ccccc2)c2ccccc2)N1. The van der Waals surface area contributed by atoms with Gasteiger partial charge in [-0.1, -0.05) is 128 Å². The zero-order valence-corrected chi connectivity index (χ0v) is 19.2. The Balaban J connectivity index is 1.59. The number of hydrogen-bond donors (Lipinski definition) is 3. The third-order valence-corrected chi connectivity index (χ3v) is 7.25. The van der Waals surface area contributed by atoms with Crippen molar-refractivity contribution in [3.8, 4) is 0 Å². The van der Waals surface area contributed by atoms with Crippen molar-refractivity contribution in [1.29, 1.82) is 0 Å². The van der Waals surface area contributed by atoms with Gasteiger partial charge in [-0.05, 0) is 35.1 Å². The van der Waals surface area contributed by atoms with Crippen LogP contribution in [0.5, 0.6) is 0 Å². The first kappa shape index (κ1) is 22.5. The molecule has 3 heteroatoms. The maximum absolute atomic E-state index is 12.4. The van der Waals surface area contributed by atoms with E-state index >= 15 is 0 Å². The molecule has 4 aromatic carbocycles. The largest absolute Gasteiger partial charge is 0.379 e. The van der Waals surface area contributed by atoms with Gasteiger partial charge in [-0.15, -0.1) is 0 Å². The summed E-state index contributed by atoms with van der Waals surface area (Å²) in [4.78, 5) is 0. The van der Waals surface area contributed by atoms with E-state index < -0.39 is 11.2 Å². The molecule has 4 aromatic rings. The van der Waals surface area contributed by atoms with Gasteiger partial charge in [-0.2, -0.15) is 0 Å². The van der Waals surface area contributed by atoms with Crippen molar-refractivity contribution in [2.75, 3.05) is 0 Å². The van der Waals surface area contributed by atoms with Gasteiger partial charge in [-0.25, -0.2) is 0 Å². The van der Waals surface area contributed by atoms with Crippen molar-refractivity contribution < 1.29 is 10.2 Å². The van der Waals surface area contributed by atoms with Crippen LogP contribution < -0.4 is 5.32 Å². The number of hydrogen-bond acceptors (Lipinski definition) is 3. The summed E-state index contributed by atoms with van der Waals surface area (Å²) in [7, 11) is 0. The average Bonchev–Trinajstić information content (AvgIpc) is 2.94. The van der Waals surface area contributed by atoms with E-state index in [1.807, 2.05) is 121 Å². The summed E-state index contributed by atoms with van der Waals surface area (Å²) < 4.78 is 0. The molecule has 0 spiro atoms. The van der Waals surface area contributed by atoms with E-state index in [1.54, 1.807) is 0 Å². The van der Waals surface area contributed by atoms with E-state index in [0.29, 0.717) is 0 Å². The van der Waals surface area contributed by atoms with Crippen LogP contribution in [0.15, 0.2) is 121 Å². The Bertz CT molecular complexity index is 1010. The molecule has 34 heavy (non-hydrogen) atoms. The zero-order chi connectivity index (χ0) is 23.4. The number of piperidine rings is 1. The van der Waals surface area contributed by atoms with Gasteiger partial charge in [0.2, 0.25) is 0 Å². The summed E-state index contributed by atoms with van der Waals surface area (Å²) in [6.45, 7) is 0. The smallest absolute Gasteiger partial charge is 0.130 e. The van der Waals surface area contributed by atoms with Gasteiger partial charge in [0.05, 0.1) is 0 Å². The van der Waals surface area contributed by atoms with E-state index in [2.05, 4.69) is 5.32 Å². The molecule has 0 bridgehead atoms. The second-order valence-electron chi connectivity index (χ2n) is 9.20. The van der Waals surface area contributed by atoms with E-state index in [1.165, 1.54) is 0 Å². The molecule has 0 amide bonds. The van der Waals surface area contributed by atoms with E-state index in [9.17, 15) is 10.2 Å². The monoisotopic (exact) mass is 449 g/mol. The van der Waals surface area contributed by atoms with Crippen molar-refractivity contribution in [2.24, 2.45) is 0 Å². The fourth-order valence-electron chi connectivity index (χ4n) is 5.50. The van der Waals surface area contributed by atoms with E-state index in [-0.39, 0.29) is 12.1 Å². The molecule has 1 aliphatic rings. The number of rotatable bonds is 6. The molecule has 1 aliphatic heterocycles. The molecule has 5 rings (SSSR count). The minimum atomic E-state index is -1.23. The van der Waals surface area contributed by atoms with Crippen molar-refractivity contribution in [2.45, 2.75) is 42.5 Å². The third kappa shape index (κ3) is 3.97. The van der Waals surface area contributed by atoms with Crippen molar-refractivity contribution in [1.82, 2.24) is 5.32 Å². The Morgan fingerprint density at radius 3 is 1.00 bits per heavy atom. The number of benzene rings is 4. The second kappa shape index (κ2) is 9.55. The molecule has 1 heterocycles. The van der Waals surface area contributed by atoms with Crippen LogP contribution in [0.3, 0.4) is 0 Å². The van der Waals surface area contributed by atoms with Crippen LogP contribution in [0.4, 0.5) is 0 Å². The summed E-state index contributed by atoms with van der Waals surface area (Å²) >= 11 is 0. The molecule has 2 atom stereocenters. The van der Waals surface area contributed by atoms with Gasteiger partial charge in [0.15, 0.2) is 0 Å². The lowest BCUT2D eigenvalue weighted by atomic mass is 9.72. The topological polar surface area (TPSA) is 52.5 Å². The Labute approximate surface area is 201 Å². The first-order chi connectivity index (χ1) is 16.6. The molecule has 0 saturated carbocycles. The first-order valence-electron chi connectivity index (χ1n) is 12.1. The van der Waals surface area contributed by atoms with Crippen molar-refractivity contribution in [3.05, 3.63) is 144 Å². The van der Waals surface area contributed by atoms with Crippen molar-refractivity contribution >= 4 is 0 Å². The lowest BCUT2D eigenvalue weighted by Gasteiger charge is -2.47. The molecule has 0 radical (unpaired) electrons. The molecule has 1 saturated heterocycles. The van der Waals surface area contributed by atoms with Crippen LogP contribution in [0.25, 0.3) is 0 Å². The lowest BCUT2D eigenvalue weighted by molar-refractivity contribution is -0.0256. The molecular weight excluding hydrogens is 418 g/mol. The third-order valence-electron chi connectivity index (χ3n) is 7.25. The Morgan fingerprint density at radius 2 is 0.735 bits per heavy atom. The molecule has 172 valence electrons. The van der Waals surface area contributed by atoms with Gasteiger partial charge in [0.25, 0.3) is 0 Å². The van der Waals surface area contributed by atoms with Crippen LogP contribution in [-0.2, 0) is 11.2 Å². The number of aliphatic hydroxyl groups is 2. The highest BCUT2D eigenvalue weighted by atomic mass is 16.3. The molecule has 1 fully saturated rings. The Morgan fingerprint density at radius 1 is 0.471 bits per heavy atom. The van der Waals surface area contributed by atoms with E-state index in [0.717, 1.165) is 41.5 Å². The van der Waals surface area contributed by atoms with Crippen LogP contribution in [0.2, 0.25) is 0 Å². The highest BCUT2D eigenvalue weighted by Crippen LogP contribution is 2.42. The molecule has 3 nitrogen and oxygen atoms in total. The highest BCUT2D eigenvalue weighted by Gasteiger charge is 2.48. The van der Waals surface area contributed by atoms with Crippen LogP contribution in [0, 0.1) is 0 Å². The lowest BCUT2D eigenvalue weighted by Crippen LogP contribution is -2.61. The summed E-state index contributed by atoms with van der Waals surface area (Å²) in [5.74, 6) is 0. The van der Waals surface area contributed by atoms with Crippen LogP contribution in [-0.4, -0.2) is 22.3 Å². The van der Waals surface area contributed by atoms with Gasteiger partial charge < -0.3 is 15.5 Å². The minimum absolute atomic E-state index is 0.269. The number of nitrogens with one attached hydrogen (secondary N) is 1. The predicted octanol–water partition coefficient (Wildman–Crippen LogP) is 5.37. The average molecular weight is 450 g/mol. The normalized spacial score (nSPS) is 19.0. The Hall–Kier alpha value is -3.24. The molecule has 2 unspecified atom stereocenters. The first-order valence-corrected chi connectivity index (χ1v) is 12.1. The molecule has 0 aromatic heterocycles. The second-order valence-corrected chi connectivity index (χ2v) is 9.20. The van der Waals surface area contributed by atoms with Gasteiger partial charge in [-0.3, -0.25) is 0 Å². The maximum atomic E-state index is 12.4. The summed E-state index contributed by atoms with van der Waals surface area (Å²) in [6, 6.07) is 38.9. The van der Waals surface area contributed by atoms with Crippen LogP contribution in [0.1, 0.15) is 41.5 Å². The maximum Gasteiger partial charge on any atom is 0.130 e. The quantitative estimate of drug-likeness (QED) is 0.371. The van der Waals surface area contributed by atoms with E-state index in [4.69, 9.17) is 0 Å². The summed E-state index contributed by atoms with van der Waals surface area (Å²) in [5.41, 5.74) is 0.944. The summed E-state index contributed by atoms with van der Waals surface area (Å²) in [5, 5.41) is 28.4. The van der Waals surface area contributed by atoms with Gasteiger partial charge >= 0.3 is 0 Å². The van der Waals surface area contributed by atoms with Gasteiger partial charge in [0.1, 0.15) is 11.2 Å². The highest BCUT2D eigenvalue weighted by molar-refractivity contribution is 5.41. The van der Waals surface area contributed by atoms with Crippen LogP contribution >= 0.6 is 0 Å². The standard InChI is InChI=1S/C31H31NO2/c33-30(24-14-5-1-6-15-24,25-16-7-2-8-17-25)28-22-13-23-29(32-28)31(34,26-18-9-3-10-19-26)27-20-11-4-12-21-27/h1-12,14-21,28-29,32-34H,13,22-23H2. The zero-order valence-electron chi connectivity index (χ0n) is 19.2. The minimum Gasteiger partial charge on any atom is -0.379 e. The Kier molecular flexibility index (Phi) is 6.34. The van der Waals surface area contributed by atoms with Gasteiger partial charge in [0, 0.05) is 12.1 Å². The molecular formula is C31H31NO2. The molecule has 0 aliphatic carbocycles. The fraction of sp³-hybridized carbons (Fsp3) is 0.226. The predicted molar refractivity (Wildman–Crippen MR) is 136 cm³/mol. The summed E-state index contributed by atoms with van der Waals surface area (Å²) in [6.07, 6.45) is 2.50. The molecule has 3 N–H and O–H groups in total. The fourth-order valence-corrected chi connectivity index (χ4v) is 5.50.